The van der Waals surface area contributed by atoms with Crippen LogP contribution in [0.1, 0.15) is 25.3 Å². The third kappa shape index (κ3) is 1.76. The van der Waals surface area contributed by atoms with Crippen molar-refractivity contribution in [3.63, 3.8) is 0 Å². The van der Waals surface area contributed by atoms with Crippen LogP contribution in [0.3, 0.4) is 0 Å². The molecule has 0 amide bonds. The molecule has 92 valence electrons. The molecule has 0 unspecified atom stereocenters. The normalized spacial score (nSPS) is 25.6. The first-order valence-electron chi connectivity index (χ1n) is 5.57. The topological polar surface area (TPSA) is 89.4 Å². The second-order valence-electron chi connectivity index (χ2n) is 5.15. The summed E-state index contributed by atoms with van der Waals surface area (Å²) in [4.78, 5) is 10.0. The Labute approximate surface area is 99.4 Å². The maximum Gasteiger partial charge on any atom is 0.310 e. The molecule has 1 fully saturated rings. The van der Waals surface area contributed by atoms with Crippen LogP contribution < -0.4 is 5.73 Å². The molecular weight excluding hydrogens is 220 g/mol. The number of rotatable bonds is 3. The number of benzene rings is 1. The molecule has 5 nitrogen and oxygen atoms in total. The van der Waals surface area contributed by atoms with Crippen LogP contribution in [0, 0.1) is 21.4 Å². The van der Waals surface area contributed by atoms with Crippen molar-refractivity contribution in [1.29, 1.82) is 0 Å². The Morgan fingerprint density at radius 2 is 2.18 bits per heavy atom. The quantitative estimate of drug-likeness (QED) is 0.620. The second-order valence-corrected chi connectivity index (χ2v) is 5.15. The van der Waals surface area contributed by atoms with Crippen LogP contribution in [0.25, 0.3) is 0 Å². The smallest absolute Gasteiger partial charge is 0.310 e. The van der Waals surface area contributed by atoms with Crippen LogP contribution >= 0.6 is 0 Å². The van der Waals surface area contributed by atoms with Crippen molar-refractivity contribution in [1.82, 2.24) is 0 Å². The molecule has 0 aromatic heterocycles. The fourth-order valence-corrected chi connectivity index (χ4v) is 2.73. The van der Waals surface area contributed by atoms with E-state index in [1.165, 1.54) is 12.1 Å². The molecular formula is C12H16N2O3. The highest BCUT2D eigenvalue weighted by atomic mass is 16.6. The molecule has 5 heteroatoms. The van der Waals surface area contributed by atoms with Gasteiger partial charge < -0.3 is 10.8 Å². The molecule has 1 aromatic rings. The number of aromatic hydroxyl groups is 1. The molecule has 0 heterocycles. The van der Waals surface area contributed by atoms with Gasteiger partial charge in [0.15, 0.2) is 5.75 Å². The molecule has 0 spiro atoms. The zero-order valence-corrected chi connectivity index (χ0v) is 9.88. The molecule has 1 saturated carbocycles. The minimum absolute atomic E-state index is 0.108. The average Bonchev–Trinajstić information content (AvgIpc) is 2.79. The number of hydrogen-bond donors (Lipinski definition) is 2. The van der Waals surface area contributed by atoms with Gasteiger partial charge in [-0.3, -0.25) is 10.1 Å². The standard InChI is InChI=1S/C12H16N2O3/c1-12(2)8(6-13)11(12)7-3-4-9(14(16)17)10(15)5-7/h3-5,8,11,15H,6,13H2,1-2H3/t8-,11-/m0/s1. The first-order valence-corrected chi connectivity index (χ1v) is 5.57. The lowest BCUT2D eigenvalue weighted by molar-refractivity contribution is -0.385. The summed E-state index contributed by atoms with van der Waals surface area (Å²) < 4.78 is 0. The molecule has 1 aliphatic carbocycles. The van der Waals surface area contributed by atoms with Gasteiger partial charge in [0.05, 0.1) is 4.92 Å². The second kappa shape index (κ2) is 3.70. The summed E-state index contributed by atoms with van der Waals surface area (Å²) in [6, 6.07) is 4.55. The predicted octanol–water partition coefficient (Wildman–Crippen LogP) is 2.00. The lowest BCUT2D eigenvalue weighted by Crippen LogP contribution is -2.05. The first-order chi connectivity index (χ1) is 7.89. The number of nitro benzene ring substituents is 1. The van der Waals surface area contributed by atoms with E-state index in [-0.39, 0.29) is 22.8 Å². The van der Waals surface area contributed by atoms with Crippen LogP contribution in [0.2, 0.25) is 0 Å². The Balaban J connectivity index is 2.31. The summed E-state index contributed by atoms with van der Waals surface area (Å²) in [6.45, 7) is 4.83. The largest absolute Gasteiger partial charge is 0.502 e. The van der Waals surface area contributed by atoms with E-state index in [0.29, 0.717) is 12.5 Å². The summed E-state index contributed by atoms with van der Waals surface area (Å²) in [5.41, 5.74) is 6.46. The van der Waals surface area contributed by atoms with E-state index >= 15 is 0 Å². The van der Waals surface area contributed by atoms with Crippen LogP contribution in [-0.2, 0) is 0 Å². The van der Waals surface area contributed by atoms with E-state index < -0.39 is 4.92 Å². The molecule has 1 aromatic carbocycles. The number of nitrogens with zero attached hydrogens (tertiary/aromatic N) is 1. The summed E-state index contributed by atoms with van der Waals surface area (Å²) in [6.07, 6.45) is 0. The van der Waals surface area contributed by atoms with Crippen molar-refractivity contribution in [3.05, 3.63) is 33.9 Å². The number of phenols is 1. The molecule has 0 saturated heterocycles. The molecule has 0 radical (unpaired) electrons. The first kappa shape index (κ1) is 11.9. The van der Waals surface area contributed by atoms with Crippen molar-refractivity contribution < 1.29 is 10.0 Å². The Kier molecular flexibility index (Phi) is 2.58. The maximum absolute atomic E-state index is 10.6. The third-order valence-corrected chi connectivity index (χ3v) is 3.86. The van der Waals surface area contributed by atoms with Gasteiger partial charge >= 0.3 is 5.69 Å². The number of phenolic OH excluding ortho intramolecular Hbond substituents is 1. The summed E-state index contributed by atoms with van der Waals surface area (Å²) in [5.74, 6) is 0.383. The van der Waals surface area contributed by atoms with Crippen molar-refractivity contribution in [2.75, 3.05) is 6.54 Å². The van der Waals surface area contributed by atoms with Crippen LogP contribution in [0.5, 0.6) is 5.75 Å². The zero-order chi connectivity index (χ0) is 12.8. The zero-order valence-electron chi connectivity index (χ0n) is 9.88. The minimum Gasteiger partial charge on any atom is -0.502 e. The van der Waals surface area contributed by atoms with E-state index in [0.717, 1.165) is 5.56 Å². The Morgan fingerprint density at radius 3 is 2.59 bits per heavy atom. The third-order valence-electron chi connectivity index (χ3n) is 3.86. The van der Waals surface area contributed by atoms with E-state index in [1.807, 2.05) is 0 Å². The van der Waals surface area contributed by atoms with Crippen LogP contribution in [0.4, 0.5) is 5.69 Å². The van der Waals surface area contributed by atoms with Gasteiger partial charge in [-0.2, -0.15) is 0 Å². The number of hydrogen-bond acceptors (Lipinski definition) is 4. The van der Waals surface area contributed by atoms with Crippen molar-refractivity contribution in [2.45, 2.75) is 19.8 Å². The minimum atomic E-state index is -0.586. The van der Waals surface area contributed by atoms with Crippen molar-refractivity contribution in [3.8, 4) is 5.75 Å². The highest BCUT2D eigenvalue weighted by Gasteiger charge is 2.57. The van der Waals surface area contributed by atoms with Crippen molar-refractivity contribution in [2.24, 2.45) is 17.1 Å². The van der Waals surface area contributed by atoms with Crippen LogP contribution in [-0.4, -0.2) is 16.6 Å². The molecule has 2 atom stereocenters. The highest BCUT2D eigenvalue weighted by Crippen LogP contribution is 2.64. The highest BCUT2D eigenvalue weighted by molar-refractivity contribution is 5.50. The average molecular weight is 236 g/mol. The molecule has 2 rings (SSSR count). The van der Waals surface area contributed by atoms with Gasteiger partial charge in [-0.05, 0) is 35.4 Å². The van der Waals surface area contributed by atoms with E-state index in [4.69, 9.17) is 5.73 Å². The maximum atomic E-state index is 10.6. The molecule has 17 heavy (non-hydrogen) atoms. The summed E-state index contributed by atoms with van der Waals surface area (Å²) >= 11 is 0. The van der Waals surface area contributed by atoms with Gasteiger partial charge in [0, 0.05) is 6.07 Å². The van der Waals surface area contributed by atoms with E-state index in [2.05, 4.69) is 13.8 Å². The Hall–Kier alpha value is -1.62. The van der Waals surface area contributed by atoms with Gasteiger partial charge in [-0.25, -0.2) is 0 Å². The van der Waals surface area contributed by atoms with Crippen molar-refractivity contribution >= 4 is 5.69 Å². The van der Waals surface area contributed by atoms with Gasteiger partial charge in [-0.15, -0.1) is 0 Å². The van der Waals surface area contributed by atoms with Gasteiger partial charge in [0.1, 0.15) is 0 Å². The summed E-state index contributed by atoms with van der Waals surface area (Å²) in [5, 5.41) is 20.2. The number of nitrogens with two attached hydrogens (primary N) is 1. The predicted molar refractivity (Wildman–Crippen MR) is 63.8 cm³/mol. The van der Waals surface area contributed by atoms with Gasteiger partial charge in [-0.1, -0.05) is 19.9 Å². The molecule has 0 aliphatic heterocycles. The molecule has 3 N–H and O–H groups in total. The molecule has 1 aliphatic rings. The lowest BCUT2D eigenvalue weighted by atomic mass is 10.0. The fraction of sp³-hybridized carbons (Fsp3) is 0.500. The van der Waals surface area contributed by atoms with E-state index in [1.54, 1.807) is 6.07 Å². The number of nitro groups is 1. The van der Waals surface area contributed by atoms with Gasteiger partial charge in [0.2, 0.25) is 0 Å². The lowest BCUT2D eigenvalue weighted by Gasteiger charge is -2.04. The summed E-state index contributed by atoms with van der Waals surface area (Å²) in [7, 11) is 0. The Morgan fingerprint density at radius 1 is 1.53 bits per heavy atom. The molecule has 0 bridgehead atoms. The fourth-order valence-electron chi connectivity index (χ4n) is 2.73. The van der Waals surface area contributed by atoms with Crippen LogP contribution in [0.15, 0.2) is 18.2 Å². The SMILES string of the molecule is CC1(C)[C@@H](CN)[C@@H]1c1ccc([N+](=O)[O-])c(O)c1. The monoisotopic (exact) mass is 236 g/mol. The van der Waals surface area contributed by atoms with E-state index in [9.17, 15) is 15.2 Å². The van der Waals surface area contributed by atoms with Gasteiger partial charge in [0.25, 0.3) is 0 Å². The Bertz CT molecular complexity index is 471.